The molecule has 4 rings (SSSR count). The molecule has 0 saturated heterocycles. The number of H-pyrrole nitrogens is 1. The number of carbonyl (C=O) groups excluding carboxylic acids is 1. The predicted octanol–water partition coefficient (Wildman–Crippen LogP) is 3.10. The van der Waals surface area contributed by atoms with E-state index in [0.717, 1.165) is 27.8 Å². The maximum atomic E-state index is 13.2. The number of nitrogens with one attached hydrogen (secondary N) is 2. The highest BCUT2D eigenvalue weighted by Gasteiger charge is 2.10. The highest BCUT2D eigenvalue weighted by atomic mass is 19.1. The SMILES string of the molecule is Cn1cc(CC(=O)NCCc2nc3ccc(F)cc3[nH]2)c2ccccc21. The topological polar surface area (TPSA) is 62.7 Å². The zero-order valence-corrected chi connectivity index (χ0v) is 14.4. The largest absolute Gasteiger partial charge is 0.355 e. The third-order valence-electron chi connectivity index (χ3n) is 4.51. The van der Waals surface area contributed by atoms with Crippen molar-refractivity contribution in [3.8, 4) is 0 Å². The van der Waals surface area contributed by atoms with Gasteiger partial charge < -0.3 is 14.9 Å². The van der Waals surface area contributed by atoms with E-state index in [-0.39, 0.29) is 11.7 Å². The molecule has 0 atom stereocenters. The number of aromatic nitrogens is 3. The van der Waals surface area contributed by atoms with Crippen LogP contribution in [0.3, 0.4) is 0 Å². The van der Waals surface area contributed by atoms with E-state index in [1.807, 2.05) is 42.1 Å². The molecule has 5 nitrogen and oxygen atoms in total. The van der Waals surface area contributed by atoms with Gasteiger partial charge in [0.25, 0.3) is 0 Å². The number of nitrogens with zero attached hydrogens (tertiary/aromatic N) is 2. The number of benzene rings is 2. The maximum absolute atomic E-state index is 13.2. The number of rotatable bonds is 5. The Bertz CT molecular complexity index is 1100. The lowest BCUT2D eigenvalue weighted by molar-refractivity contribution is -0.120. The van der Waals surface area contributed by atoms with Gasteiger partial charge in [-0.15, -0.1) is 0 Å². The van der Waals surface area contributed by atoms with Crippen molar-refractivity contribution in [2.75, 3.05) is 6.54 Å². The number of carbonyl (C=O) groups is 1. The van der Waals surface area contributed by atoms with Crippen LogP contribution in [0.25, 0.3) is 21.9 Å². The summed E-state index contributed by atoms with van der Waals surface area (Å²) in [6.07, 6.45) is 2.91. The monoisotopic (exact) mass is 350 g/mol. The minimum absolute atomic E-state index is 0.0245. The molecule has 0 aliphatic heterocycles. The maximum Gasteiger partial charge on any atom is 0.224 e. The molecule has 0 bridgehead atoms. The Hall–Kier alpha value is -3.15. The lowest BCUT2D eigenvalue weighted by Crippen LogP contribution is -2.27. The van der Waals surface area contributed by atoms with E-state index in [9.17, 15) is 9.18 Å². The fraction of sp³-hybridized carbons (Fsp3) is 0.200. The minimum atomic E-state index is -0.295. The Morgan fingerprint density at radius 2 is 2.12 bits per heavy atom. The first-order chi connectivity index (χ1) is 12.6. The van der Waals surface area contributed by atoms with Crippen LogP contribution in [0.5, 0.6) is 0 Å². The summed E-state index contributed by atoms with van der Waals surface area (Å²) >= 11 is 0. The number of hydrogen-bond donors (Lipinski definition) is 2. The normalized spacial score (nSPS) is 11.3. The van der Waals surface area contributed by atoms with E-state index in [1.54, 1.807) is 6.07 Å². The van der Waals surface area contributed by atoms with Crippen LogP contribution in [0.2, 0.25) is 0 Å². The van der Waals surface area contributed by atoms with Crippen molar-refractivity contribution < 1.29 is 9.18 Å². The van der Waals surface area contributed by atoms with E-state index in [1.165, 1.54) is 12.1 Å². The second-order valence-corrected chi connectivity index (χ2v) is 6.40. The second-order valence-electron chi connectivity index (χ2n) is 6.40. The first-order valence-corrected chi connectivity index (χ1v) is 8.54. The summed E-state index contributed by atoms with van der Waals surface area (Å²) in [6.45, 7) is 0.478. The molecule has 132 valence electrons. The number of aromatic amines is 1. The van der Waals surface area contributed by atoms with Crippen molar-refractivity contribution in [3.05, 3.63) is 65.9 Å². The van der Waals surface area contributed by atoms with Crippen LogP contribution in [-0.2, 0) is 24.7 Å². The molecule has 2 heterocycles. The van der Waals surface area contributed by atoms with Gasteiger partial charge in [-0.3, -0.25) is 4.79 Å². The summed E-state index contributed by atoms with van der Waals surface area (Å²) in [5.74, 6) is 0.413. The van der Waals surface area contributed by atoms with Gasteiger partial charge in [0, 0.05) is 37.1 Å². The van der Waals surface area contributed by atoms with E-state index >= 15 is 0 Å². The van der Waals surface area contributed by atoms with Crippen LogP contribution in [0.1, 0.15) is 11.4 Å². The number of halogens is 1. The zero-order chi connectivity index (χ0) is 18.1. The standard InChI is InChI=1S/C20H19FN4O/c1-25-12-13(15-4-2-3-5-18(15)25)10-20(26)22-9-8-19-23-16-7-6-14(21)11-17(16)24-19/h2-7,11-12H,8-10H2,1H3,(H,22,26)(H,23,24). The molecule has 0 unspecified atom stereocenters. The van der Waals surface area contributed by atoms with Crippen LogP contribution in [-0.4, -0.2) is 27.0 Å². The molecule has 4 aromatic rings. The molecule has 2 aromatic heterocycles. The molecule has 26 heavy (non-hydrogen) atoms. The van der Waals surface area contributed by atoms with Crippen LogP contribution < -0.4 is 5.32 Å². The molecule has 6 heteroatoms. The number of hydrogen-bond acceptors (Lipinski definition) is 2. The highest BCUT2D eigenvalue weighted by Crippen LogP contribution is 2.20. The van der Waals surface area contributed by atoms with Crippen molar-refractivity contribution in [1.29, 1.82) is 0 Å². The lowest BCUT2D eigenvalue weighted by Gasteiger charge is -2.03. The first kappa shape index (κ1) is 16.3. The van der Waals surface area contributed by atoms with Gasteiger partial charge in [-0.2, -0.15) is 0 Å². The van der Waals surface area contributed by atoms with Gasteiger partial charge >= 0.3 is 0 Å². The van der Waals surface area contributed by atoms with Gasteiger partial charge in [-0.05, 0) is 29.8 Å². The van der Waals surface area contributed by atoms with Gasteiger partial charge in [-0.1, -0.05) is 18.2 Å². The number of para-hydroxylation sites is 1. The molecule has 2 aromatic carbocycles. The Morgan fingerprint density at radius 1 is 1.27 bits per heavy atom. The van der Waals surface area contributed by atoms with Gasteiger partial charge in [0.05, 0.1) is 17.5 Å². The molecule has 0 radical (unpaired) electrons. The Balaban J connectivity index is 1.37. The number of fused-ring (bicyclic) bond motifs is 2. The summed E-state index contributed by atoms with van der Waals surface area (Å²) < 4.78 is 15.3. The average molecular weight is 350 g/mol. The lowest BCUT2D eigenvalue weighted by atomic mass is 10.1. The van der Waals surface area contributed by atoms with E-state index in [4.69, 9.17) is 0 Å². The molecule has 2 N–H and O–H groups in total. The van der Waals surface area contributed by atoms with E-state index in [0.29, 0.717) is 24.9 Å². The number of imidazole rings is 1. The van der Waals surface area contributed by atoms with Crippen molar-refractivity contribution in [2.24, 2.45) is 7.05 Å². The van der Waals surface area contributed by atoms with E-state index < -0.39 is 0 Å². The average Bonchev–Trinajstić information content (AvgIpc) is 3.16. The molecular weight excluding hydrogens is 331 g/mol. The Labute approximate surface area is 149 Å². The van der Waals surface area contributed by atoms with Crippen molar-refractivity contribution in [2.45, 2.75) is 12.8 Å². The third kappa shape index (κ3) is 3.18. The van der Waals surface area contributed by atoms with Gasteiger partial charge in [0.1, 0.15) is 11.6 Å². The van der Waals surface area contributed by atoms with E-state index in [2.05, 4.69) is 15.3 Å². The summed E-state index contributed by atoms with van der Waals surface area (Å²) in [5.41, 5.74) is 3.52. The van der Waals surface area contributed by atoms with Crippen molar-refractivity contribution in [3.63, 3.8) is 0 Å². The molecular formula is C20H19FN4O. The van der Waals surface area contributed by atoms with Crippen LogP contribution in [0.15, 0.2) is 48.7 Å². The Kier molecular flexibility index (Phi) is 4.16. The molecule has 0 aliphatic carbocycles. The summed E-state index contributed by atoms with van der Waals surface area (Å²) in [5, 5.41) is 4.03. The highest BCUT2D eigenvalue weighted by molar-refractivity contribution is 5.89. The first-order valence-electron chi connectivity index (χ1n) is 8.54. The molecule has 0 saturated carbocycles. The molecule has 1 amide bonds. The second kappa shape index (κ2) is 6.63. The third-order valence-corrected chi connectivity index (χ3v) is 4.51. The van der Waals surface area contributed by atoms with Gasteiger partial charge in [0.15, 0.2) is 0 Å². The van der Waals surface area contributed by atoms with Crippen molar-refractivity contribution in [1.82, 2.24) is 19.9 Å². The zero-order valence-electron chi connectivity index (χ0n) is 14.4. The fourth-order valence-electron chi connectivity index (χ4n) is 3.28. The number of aryl methyl sites for hydroxylation is 1. The Morgan fingerprint density at radius 3 is 3.00 bits per heavy atom. The summed E-state index contributed by atoms with van der Waals surface area (Å²) in [6, 6.07) is 12.5. The summed E-state index contributed by atoms with van der Waals surface area (Å²) in [7, 11) is 1.98. The van der Waals surface area contributed by atoms with Crippen molar-refractivity contribution >= 4 is 27.8 Å². The van der Waals surface area contributed by atoms with Gasteiger partial charge in [-0.25, -0.2) is 9.37 Å². The summed E-state index contributed by atoms with van der Waals surface area (Å²) in [4.78, 5) is 19.8. The van der Waals surface area contributed by atoms with Crippen LogP contribution in [0, 0.1) is 5.82 Å². The molecule has 0 fully saturated rings. The van der Waals surface area contributed by atoms with Gasteiger partial charge in [0.2, 0.25) is 5.91 Å². The smallest absolute Gasteiger partial charge is 0.224 e. The predicted molar refractivity (Wildman–Crippen MR) is 99.4 cm³/mol. The van der Waals surface area contributed by atoms with Crippen LogP contribution >= 0.6 is 0 Å². The molecule has 0 spiro atoms. The fourth-order valence-corrected chi connectivity index (χ4v) is 3.28. The minimum Gasteiger partial charge on any atom is -0.355 e. The quantitative estimate of drug-likeness (QED) is 0.581. The van der Waals surface area contributed by atoms with Crippen LogP contribution in [0.4, 0.5) is 4.39 Å². The number of amides is 1. The molecule has 0 aliphatic rings.